The third-order valence-corrected chi connectivity index (χ3v) is 8.51. The van der Waals surface area contributed by atoms with Crippen LogP contribution in [0.15, 0.2) is 24.3 Å². The van der Waals surface area contributed by atoms with Crippen molar-refractivity contribution >= 4 is 17.1 Å². The molecule has 0 bridgehead atoms. The third-order valence-electron chi connectivity index (χ3n) is 6.72. The zero-order valence-corrected chi connectivity index (χ0v) is 17.7. The molecule has 1 saturated carbocycles. The maximum atomic E-state index is 11.5. The first-order chi connectivity index (χ1) is 12.1. The van der Waals surface area contributed by atoms with Gasteiger partial charge in [0.25, 0.3) is 0 Å². The molecule has 2 unspecified atom stereocenters. The lowest BCUT2D eigenvalue weighted by atomic mass is 9.66. The van der Waals surface area contributed by atoms with Crippen LogP contribution in [0.25, 0.3) is 0 Å². The topological polar surface area (TPSA) is 17.1 Å². The maximum Gasteiger partial charge on any atom is 0.159 e. The van der Waals surface area contributed by atoms with Crippen molar-refractivity contribution in [2.24, 2.45) is 0 Å². The van der Waals surface area contributed by atoms with E-state index in [1.165, 1.54) is 24.8 Å². The van der Waals surface area contributed by atoms with Crippen LogP contribution in [-0.4, -0.2) is 5.78 Å². The van der Waals surface area contributed by atoms with Crippen LogP contribution in [0.5, 0.6) is 0 Å². The second kappa shape index (κ2) is 5.79. The van der Waals surface area contributed by atoms with Crippen LogP contribution in [0.3, 0.4) is 0 Å². The molecule has 138 valence electrons. The van der Waals surface area contributed by atoms with Gasteiger partial charge in [0.1, 0.15) is 0 Å². The first kappa shape index (κ1) is 18.0. The second-order valence-electron chi connectivity index (χ2n) is 9.69. The summed E-state index contributed by atoms with van der Waals surface area (Å²) in [6, 6.07) is 8.31. The van der Waals surface area contributed by atoms with Gasteiger partial charge < -0.3 is 0 Å². The summed E-state index contributed by atoms with van der Waals surface area (Å²) in [4.78, 5) is 14.8. The van der Waals surface area contributed by atoms with Crippen LogP contribution >= 0.6 is 11.3 Å². The summed E-state index contributed by atoms with van der Waals surface area (Å²) in [6.07, 6.45) is 3.82. The Morgan fingerprint density at radius 2 is 1.62 bits per heavy atom. The quantitative estimate of drug-likeness (QED) is 0.541. The monoisotopic (exact) mass is 366 g/mol. The second-order valence-corrected chi connectivity index (χ2v) is 10.7. The van der Waals surface area contributed by atoms with E-state index in [9.17, 15) is 4.79 Å². The Balaban J connectivity index is 1.67. The highest BCUT2D eigenvalue weighted by Crippen LogP contribution is 2.61. The SMILES string of the molecule is CC(=O)c1ccc(C2CC2c2sc3c(c2C)C(C)(C)CCC3(C)C)cc1. The van der Waals surface area contributed by atoms with Gasteiger partial charge in [-0.3, -0.25) is 4.79 Å². The molecule has 2 atom stereocenters. The highest BCUT2D eigenvalue weighted by molar-refractivity contribution is 7.12. The van der Waals surface area contributed by atoms with Crippen LogP contribution < -0.4 is 0 Å². The predicted molar refractivity (Wildman–Crippen MR) is 111 cm³/mol. The Labute approximate surface area is 161 Å². The van der Waals surface area contributed by atoms with Gasteiger partial charge in [-0.05, 0) is 66.5 Å². The van der Waals surface area contributed by atoms with Gasteiger partial charge in [0, 0.05) is 21.2 Å². The summed E-state index contributed by atoms with van der Waals surface area (Å²) in [5.41, 5.74) is 6.03. The molecule has 2 aliphatic rings. The zero-order valence-electron chi connectivity index (χ0n) is 16.9. The highest BCUT2D eigenvalue weighted by atomic mass is 32.1. The van der Waals surface area contributed by atoms with Gasteiger partial charge in [-0.2, -0.15) is 0 Å². The van der Waals surface area contributed by atoms with Crippen molar-refractivity contribution in [2.45, 2.75) is 83.5 Å². The summed E-state index contributed by atoms with van der Waals surface area (Å²) >= 11 is 2.09. The predicted octanol–water partition coefficient (Wildman–Crippen LogP) is 6.88. The van der Waals surface area contributed by atoms with Gasteiger partial charge in [-0.1, -0.05) is 52.0 Å². The van der Waals surface area contributed by atoms with Crippen LogP contribution in [0.1, 0.15) is 103 Å². The summed E-state index contributed by atoms with van der Waals surface area (Å²) in [6.45, 7) is 13.7. The highest BCUT2D eigenvalue weighted by Gasteiger charge is 2.46. The number of thiophene rings is 1. The molecule has 1 aromatic carbocycles. The number of carbonyl (C=O) groups is 1. The number of Topliss-reactive ketones (excluding diaryl/α,β-unsaturated/α-hetero) is 1. The maximum absolute atomic E-state index is 11.5. The minimum absolute atomic E-state index is 0.148. The van der Waals surface area contributed by atoms with E-state index in [1.807, 2.05) is 12.1 Å². The van der Waals surface area contributed by atoms with E-state index in [2.05, 4.69) is 58.1 Å². The molecule has 1 fully saturated rings. The first-order valence-corrected chi connectivity index (χ1v) is 10.7. The van der Waals surface area contributed by atoms with E-state index < -0.39 is 0 Å². The molecule has 0 spiro atoms. The Hall–Kier alpha value is -1.41. The summed E-state index contributed by atoms with van der Waals surface area (Å²) < 4.78 is 0. The largest absolute Gasteiger partial charge is 0.295 e. The van der Waals surface area contributed by atoms with E-state index in [4.69, 9.17) is 0 Å². The van der Waals surface area contributed by atoms with Gasteiger partial charge in [0.15, 0.2) is 5.78 Å². The van der Waals surface area contributed by atoms with E-state index in [0.717, 1.165) is 5.56 Å². The molecule has 0 saturated heterocycles. The lowest BCUT2D eigenvalue weighted by molar-refractivity contribution is 0.101. The average molecular weight is 367 g/mol. The van der Waals surface area contributed by atoms with Crippen LogP contribution in [0.4, 0.5) is 0 Å². The number of benzene rings is 1. The fraction of sp³-hybridized carbons (Fsp3) is 0.542. The Kier molecular flexibility index (Phi) is 4.00. The number of ketones is 1. The molecule has 2 heteroatoms. The summed E-state index contributed by atoms with van der Waals surface area (Å²) in [5.74, 6) is 1.44. The number of fused-ring (bicyclic) bond motifs is 1. The van der Waals surface area contributed by atoms with Gasteiger partial charge in [0.2, 0.25) is 0 Å². The molecule has 4 rings (SSSR count). The standard InChI is InChI=1S/C24H30OS/c1-14-20-22(24(5,6)12-11-23(20,3)4)26-21(14)19-13-18(19)17-9-7-16(8-10-17)15(2)25/h7-10,18-19H,11-13H2,1-6H3. The fourth-order valence-corrected chi connectivity index (χ4v) is 6.65. The zero-order chi connectivity index (χ0) is 18.9. The number of hydrogen-bond donors (Lipinski definition) is 0. The molecule has 1 heterocycles. The van der Waals surface area contributed by atoms with E-state index >= 15 is 0 Å². The van der Waals surface area contributed by atoms with Crippen molar-refractivity contribution < 1.29 is 4.79 Å². The van der Waals surface area contributed by atoms with Gasteiger partial charge in [0.05, 0.1) is 0 Å². The molecular formula is C24H30OS. The minimum Gasteiger partial charge on any atom is -0.295 e. The number of hydrogen-bond acceptors (Lipinski definition) is 2. The van der Waals surface area contributed by atoms with Crippen molar-refractivity contribution in [3.63, 3.8) is 0 Å². The summed E-state index contributed by atoms with van der Waals surface area (Å²) in [5, 5.41) is 0. The molecule has 2 aromatic rings. The third kappa shape index (κ3) is 2.78. The average Bonchev–Trinajstić information content (AvgIpc) is 3.28. The Morgan fingerprint density at radius 1 is 1.00 bits per heavy atom. The minimum atomic E-state index is 0.148. The van der Waals surface area contributed by atoms with Gasteiger partial charge >= 0.3 is 0 Å². The first-order valence-electron chi connectivity index (χ1n) is 9.87. The Bertz CT molecular complexity index is 866. The van der Waals surface area contributed by atoms with Crippen molar-refractivity contribution in [3.05, 3.63) is 56.3 Å². The van der Waals surface area contributed by atoms with Crippen molar-refractivity contribution in [1.82, 2.24) is 0 Å². The summed E-state index contributed by atoms with van der Waals surface area (Å²) in [7, 11) is 0. The molecule has 26 heavy (non-hydrogen) atoms. The number of carbonyl (C=O) groups excluding carboxylic acids is 1. The molecule has 0 N–H and O–H groups in total. The van der Waals surface area contributed by atoms with Crippen LogP contribution in [0, 0.1) is 6.92 Å². The Morgan fingerprint density at radius 3 is 2.19 bits per heavy atom. The molecule has 0 aliphatic heterocycles. The van der Waals surface area contributed by atoms with Gasteiger partial charge in [-0.25, -0.2) is 0 Å². The fourth-order valence-electron chi connectivity index (χ4n) is 4.86. The molecule has 1 nitrogen and oxygen atoms in total. The van der Waals surface area contributed by atoms with Crippen molar-refractivity contribution in [1.29, 1.82) is 0 Å². The van der Waals surface area contributed by atoms with E-state index in [0.29, 0.717) is 22.7 Å². The molecule has 0 radical (unpaired) electrons. The van der Waals surface area contributed by atoms with Crippen LogP contribution in [0.2, 0.25) is 0 Å². The van der Waals surface area contributed by atoms with Gasteiger partial charge in [-0.15, -0.1) is 11.3 Å². The molecule has 2 aliphatic carbocycles. The smallest absolute Gasteiger partial charge is 0.159 e. The lowest BCUT2D eigenvalue weighted by Crippen LogP contribution is -2.32. The molecule has 0 amide bonds. The van der Waals surface area contributed by atoms with Crippen LogP contribution in [-0.2, 0) is 10.8 Å². The molecular weight excluding hydrogens is 336 g/mol. The lowest BCUT2D eigenvalue weighted by Gasteiger charge is -2.39. The van der Waals surface area contributed by atoms with E-state index in [1.54, 1.807) is 27.8 Å². The van der Waals surface area contributed by atoms with Crippen molar-refractivity contribution in [3.8, 4) is 0 Å². The van der Waals surface area contributed by atoms with Crippen molar-refractivity contribution in [2.75, 3.05) is 0 Å². The number of rotatable bonds is 3. The normalized spacial score (nSPS) is 25.6. The van der Waals surface area contributed by atoms with E-state index in [-0.39, 0.29) is 5.78 Å². The molecule has 1 aromatic heterocycles.